The summed E-state index contributed by atoms with van der Waals surface area (Å²) in [6.45, 7) is 10.1. The molecule has 0 spiro atoms. The van der Waals surface area contributed by atoms with Crippen LogP contribution in [0.15, 0.2) is 0 Å². The molecule has 0 aromatic heterocycles. The van der Waals surface area contributed by atoms with Gasteiger partial charge in [-0.15, -0.1) is 0 Å². The fourth-order valence-electron chi connectivity index (χ4n) is 0. The molecule has 0 aromatic rings. The topological polar surface area (TPSA) is 20.2 Å². The molecule has 0 atom stereocenters. The van der Waals surface area contributed by atoms with Crippen molar-refractivity contribution in [1.82, 2.24) is 0 Å². The van der Waals surface area contributed by atoms with Crippen LogP contribution >= 0.6 is 0 Å². The maximum absolute atomic E-state index is 7.81. The molecule has 0 aliphatic carbocycles. The Hall–Kier alpha value is 1.06. The Morgan fingerprint density at radius 3 is 1.44 bits per heavy atom. The normalized spacial score (nSPS) is 7.33. The zero-order valence-corrected chi connectivity index (χ0v) is 9.56. The number of aliphatic hydroxyl groups excluding tert-OH is 1. The first kappa shape index (κ1) is 16.6. The van der Waals surface area contributed by atoms with Gasteiger partial charge in [0.25, 0.3) is 0 Å². The number of hydrogen-bond acceptors (Lipinski definition) is 1. The Balaban J connectivity index is -0.0000000720. The first-order chi connectivity index (χ1) is 3.65. The molecule has 9 heavy (non-hydrogen) atoms. The molecular formula is C7H17OY-. The van der Waals surface area contributed by atoms with Crippen molar-refractivity contribution in [3.05, 3.63) is 6.92 Å². The molecule has 1 radical (unpaired) electrons. The maximum atomic E-state index is 7.81. The van der Waals surface area contributed by atoms with Crippen molar-refractivity contribution in [1.29, 1.82) is 0 Å². The molecule has 1 N–H and O–H groups in total. The third kappa shape index (κ3) is 106. The van der Waals surface area contributed by atoms with Crippen LogP contribution in [0.2, 0.25) is 0 Å². The van der Waals surface area contributed by atoms with Gasteiger partial charge in [0.1, 0.15) is 0 Å². The Kier molecular flexibility index (Phi) is 29.5. The van der Waals surface area contributed by atoms with E-state index in [0.717, 1.165) is 5.92 Å². The fraction of sp³-hybridized carbons (Fsp3) is 0.857. The molecule has 0 fully saturated rings. The second-order valence-electron chi connectivity index (χ2n) is 2.31. The van der Waals surface area contributed by atoms with Crippen molar-refractivity contribution >= 4 is 0 Å². The van der Waals surface area contributed by atoms with Gasteiger partial charge in [-0.2, -0.15) is 6.42 Å². The third-order valence-electron chi connectivity index (χ3n) is 0.158. The van der Waals surface area contributed by atoms with E-state index in [1.807, 2.05) is 0 Å². The van der Waals surface area contributed by atoms with Crippen molar-refractivity contribution in [3.8, 4) is 0 Å². The number of rotatable bonds is 1. The van der Waals surface area contributed by atoms with E-state index in [-0.39, 0.29) is 39.3 Å². The molecule has 0 saturated heterocycles. The molecule has 0 unspecified atom stereocenters. The third-order valence-corrected chi connectivity index (χ3v) is 0.158. The predicted octanol–water partition coefficient (Wildman–Crippen LogP) is 1.86. The van der Waals surface area contributed by atoms with E-state index in [0.29, 0.717) is 6.42 Å². The molecule has 0 aliphatic rings. The van der Waals surface area contributed by atoms with Gasteiger partial charge in [0.2, 0.25) is 0 Å². The van der Waals surface area contributed by atoms with Gasteiger partial charge in [0.15, 0.2) is 0 Å². The predicted molar refractivity (Wildman–Crippen MR) is 37.6 cm³/mol. The van der Waals surface area contributed by atoms with Crippen LogP contribution in [0.25, 0.3) is 0 Å². The second-order valence-corrected chi connectivity index (χ2v) is 2.31. The van der Waals surface area contributed by atoms with Gasteiger partial charge in [0.05, 0.1) is 0 Å². The van der Waals surface area contributed by atoms with Gasteiger partial charge >= 0.3 is 0 Å². The summed E-state index contributed by atoms with van der Waals surface area (Å²) in [5, 5.41) is 7.81. The minimum atomic E-state index is 0. The summed E-state index contributed by atoms with van der Waals surface area (Å²) < 4.78 is 0. The van der Waals surface area contributed by atoms with Crippen molar-refractivity contribution in [3.63, 3.8) is 0 Å². The molecule has 55 valence electrons. The van der Waals surface area contributed by atoms with Crippen molar-refractivity contribution in [2.45, 2.75) is 27.2 Å². The second kappa shape index (κ2) is 16.0. The van der Waals surface area contributed by atoms with Gasteiger partial charge in [-0.25, -0.2) is 0 Å². The molecule has 0 heterocycles. The van der Waals surface area contributed by atoms with Gasteiger partial charge in [-0.3, -0.25) is 0 Å². The molecule has 0 saturated carbocycles. The van der Waals surface area contributed by atoms with Crippen LogP contribution < -0.4 is 0 Å². The maximum Gasteiger partial charge on any atom is 0.0159 e. The van der Waals surface area contributed by atoms with E-state index >= 15 is 0 Å². The quantitative estimate of drug-likeness (QED) is 0.649. The minimum absolute atomic E-state index is 0. The fourth-order valence-corrected chi connectivity index (χ4v) is 0. The summed E-state index contributed by atoms with van der Waals surface area (Å²) in [7, 11) is 0. The molecular weight excluding hydrogens is 189 g/mol. The van der Waals surface area contributed by atoms with Crippen LogP contribution in [0.5, 0.6) is 0 Å². The Morgan fingerprint density at radius 2 is 1.44 bits per heavy atom. The van der Waals surface area contributed by atoms with Crippen molar-refractivity contribution in [2.24, 2.45) is 5.92 Å². The Labute approximate surface area is 84.1 Å². The number of hydrogen-bond donors (Lipinski definition) is 1. The SMILES string of the molecule is CC(C)C.[CH2-]CCO.[Y]. The summed E-state index contributed by atoms with van der Waals surface area (Å²) in [6, 6.07) is 0. The van der Waals surface area contributed by atoms with Crippen LogP contribution in [0.1, 0.15) is 27.2 Å². The smallest absolute Gasteiger partial charge is 0.0159 e. The summed E-state index contributed by atoms with van der Waals surface area (Å²) in [4.78, 5) is 0. The first-order valence-electron chi connectivity index (χ1n) is 3.05. The van der Waals surface area contributed by atoms with Crippen LogP contribution in [0.4, 0.5) is 0 Å². The molecule has 0 aromatic carbocycles. The van der Waals surface area contributed by atoms with Crippen molar-refractivity contribution < 1.29 is 37.8 Å². The standard InChI is InChI=1S/C4H10.C3H7O.Y/c1-4(2)3;1-2-3-4;/h4H,1-3H3;4H,1-3H2;/q;-1;. The van der Waals surface area contributed by atoms with E-state index in [2.05, 4.69) is 27.7 Å². The van der Waals surface area contributed by atoms with Crippen LogP contribution in [0, 0.1) is 12.8 Å². The largest absolute Gasteiger partial charge is 0.399 e. The van der Waals surface area contributed by atoms with E-state index in [9.17, 15) is 0 Å². The van der Waals surface area contributed by atoms with E-state index < -0.39 is 0 Å². The molecule has 1 nitrogen and oxygen atoms in total. The van der Waals surface area contributed by atoms with Crippen LogP contribution in [-0.4, -0.2) is 11.7 Å². The molecule has 0 amide bonds. The Morgan fingerprint density at radius 1 is 1.33 bits per heavy atom. The average molecular weight is 206 g/mol. The van der Waals surface area contributed by atoms with Gasteiger partial charge in [-0.05, 0) is 5.92 Å². The van der Waals surface area contributed by atoms with Gasteiger partial charge in [0, 0.05) is 39.3 Å². The van der Waals surface area contributed by atoms with Gasteiger partial charge in [-0.1, -0.05) is 20.8 Å². The van der Waals surface area contributed by atoms with Crippen LogP contribution in [0.3, 0.4) is 0 Å². The molecule has 2 heteroatoms. The molecule has 0 aliphatic heterocycles. The van der Waals surface area contributed by atoms with E-state index in [1.165, 1.54) is 0 Å². The average Bonchev–Trinajstić information content (AvgIpc) is 1.65. The minimum Gasteiger partial charge on any atom is -0.399 e. The summed E-state index contributed by atoms with van der Waals surface area (Å²) in [6.07, 6.45) is 0.625. The zero-order chi connectivity index (χ0) is 6.99. The van der Waals surface area contributed by atoms with Crippen LogP contribution in [-0.2, 0) is 32.7 Å². The molecule has 0 bridgehead atoms. The first-order valence-corrected chi connectivity index (χ1v) is 3.05. The zero-order valence-electron chi connectivity index (χ0n) is 6.72. The van der Waals surface area contributed by atoms with E-state index in [4.69, 9.17) is 5.11 Å². The van der Waals surface area contributed by atoms with E-state index in [1.54, 1.807) is 0 Å². The summed E-state index contributed by atoms with van der Waals surface area (Å²) in [5.74, 6) is 0.833. The van der Waals surface area contributed by atoms with Crippen molar-refractivity contribution in [2.75, 3.05) is 6.61 Å². The monoisotopic (exact) mass is 206 g/mol. The molecule has 0 rings (SSSR count). The Bertz CT molecular complexity index is 25.3. The summed E-state index contributed by atoms with van der Waals surface area (Å²) in [5.41, 5.74) is 0. The van der Waals surface area contributed by atoms with Gasteiger partial charge < -0.3 is 12.0 Å². The number of aliphatic hydroxyl groups is 1. The summed E-state index contributed by atoms with van der Waals surface area (Å²) >= 11 is 0.